The Morgan fingerprint density at radius 3 is 2.40 bits per heavy atom. The topological polar surface area (TPSA) is 21.8 Å². The Morgan fingerprint density at radius 2 is 1.93 bits per heavy atom. The monoisotopic (exact) mass is 228 g/mol. The summed E-state index contributed by atoms with van der Waals surface area (Å²) in [7, 11) is -1.59. The van der Waals surface area contributed by atoms with Crippen LogP contribution in [0.2, 0.25) is 18.1 Å². The van der Waals surface area contributed by atoms with E-state index in [0.29, 0.717) is 12.2 Å². The second kappa shape index (κ2) is 4.40. The van der Waals surface area contributed by atoms with E-state index in [1.54, 1.807) is 0 Å². The minimum Gasteiger partial charge on any atom is -0.414 e. The Labute approximate surface area is 94.8 Å². The van der Waals surface area contributed by atoms with Crippen LogP contribution in [-0.2, 0) is 9.16 Å². The molecule has 1 heterocycles. The lowest BCUT2D eigenvalue weighted by molar-refractivity contribution is 0.241. The van der Waals surface area contributed by atoms with E-state index in [9.17, 15) is 0 Å². The van der Waals surface area contributed by atoms with Crippen LogP contribution in [0.1, 0.15) is 27.2 Å². The van der Waals surface area contributed by atoms with Crippen molar-refractivity contribution in [2.24, 2.45) is 0 Å². The molecule has 2 nitrogen and oxygen atoms in total. The first-order valence-electron chi connectivity index (χ1n) is 5.68. The van der Waals surface area contributed by atoms with Gasteiger partial charge >= 0.3 is 0 Å². The van der Waals surface area contributed by atoms with Crippen LogP contribution in [0.5, 0.6) is 0 Å². The molecule has 0 aromatic carbocycles. The fraction of sp³-hybridized carbons (Fsp3) is 0.833. The molecule has 0 amide bonds. The average molecular weight is 228 g/mol. The van der Waals surface area contributed by atoms with Gasteiger partial charge in [0, 0.05) is 0 Å². The molecule has 1 fully saturated rings. The molecule has 0 aromatic rings. The van der Waals surface area contributed by atoms with Crippen LogP contribution in [0.4, 0.5) is 0 Å². The highest BCUT2D eigenvalue weighted by molar-refractivity contribution is 6.74. The molecule has 0 aromatic heterocycles. The summed E-state index contributed by atoms with van der Waals surface area (Å²) in [6.45, 7) is 15.8. The molecule has 3 heteroatoms. The van der Waals surface area contributed by atoms with Gasteiger partial charge in [0.25, 0.3) is 0 Å². The molecule has 15 heavy (non-hydrogen) atoms. The fourth-order valence-electron chi connectivity index (χ4n) is 1.20. The maximum atomic E-state index is 6.07. The summed E-state index contributed by atoms with van der Waals surface area (Å²) in [4.78, 5) is 0. The van der Waals surface area contributed by atoms with E-state index in [1.807, 2.05) is 6.08 Å². The number of hydrogen-bond acceptors (Lipinski definition) is 2. The van der Waals surface area contributed by atoms with Crippen molar-refractivity contribution in [2.75, 3.05) is 6.61 Å². The quantitative estimate of drug-likeness (QED) is 0.409. The molecular weight excluding hydrogens is 204 g/mol. The Bertz CT molecular complexity index is 230. The molecule has 1 aliphatic rings. The summed E-state index contributed by atoms with van der Waals surface area (Å²) in [5, 5.41) is 0.288. The highest BCUT2D eigenvalue weighted by Crippen LogP contribution is 2.37. The van der Waals surface area contributed by atoms with E-state index in [2.05, 4.69) is 40.4 Å². The summed E-state index contributed by atoms with van der Waals surface area (Å²) in [5.41, 5.74) is 0. The highest BCUT2D eigenvalue weighted by Gasteiger charge is 2.42. The van der Waals surface area contributed by atoms with Gasteiger partial charge in [0.15, 0.2) is 8.32 Å². The van der Waals surface area contributed by atoms with Gasteiger partial charge in [-0.1, -0.05) is 26.8 Å². The lowest BCUT2D eigenvalue weighted by Gasteiger charge is -2.36. The van der Waals surface area contributed by atoms with Crippen LogP contribution in [0.25, 0.3) is 0 Å². The van der Waals surface area contributed by atoms with Gasteiger partial charge in [-0.3, -0.25) is 0 Å². The standard InChI is InChI=1S/C12H24O2Si/c1-7-8-10-11(14-10)9-13-15(5,6)12(2,3)4/h7,10-11H,1,8-9H2,2-6H3/t10-,11-/m1/s1. The molecule has 0 radical (unpaired) electrons. The third kappa shape index (κ3) is 3.43. The molecule has 0 saturated carbocycles. The van der Waals surface area contributed by atoms with E-state index in [0.717, 1.165) is 13.0 Å². The zero-order chi connectivity index (χ0) is 11.7. The summed E-state index contributed by atoms with van der Waals surface area (Å²) in [6.07, 6.45) is 3.55. The normalized spacial score (nSPS) is 26.5. The van der Waals surface area contributed by atoms with Gasteiger partial charge in [-0.15, -0.1) is 6.58 Å². The summed E-state index contributed by atoms with van der Waals surface area (Å²) in [5.74, 6) is 0. The molecule has 2 atom stereocenters. The largest absolute Gasteiger partial charge is 0.414 e. The molecule has 0 spiro atoms. The van der Waals surface area contributed by atoms with Gasteiger partial charge in [-0.05, 0) is 24.6 Å². The summed E-state index contributed by atoms with van der Waals surface area (Å²) < 4.78 is 11.6. The Balaban J connectivity index is 2.29. The van der Waals surface area contributed by atoms with Gasteiger partial charge < -0.3 is 9.16 Å². The predicted molar refractivity (Wildman–Crippen MR) is 66.6 cm³/mol. The second-order valence-electron chi connectivity index (χ2n) is 5.81. The van der Waals surface area contributed by atoms with Crippen molar-refractivity contribution in [2.45, 2.75) is 57.5 Å². The Kier molecular flexibility index (Phi) is 3.79. The lowest BCUT2D eigenvalue weighted by Crippen LogP contribution is -2.41. The van der Waals surface area contributed by atoms with Gasteiger partial charge in [0.2, 0.25) is 0 Å². The van der Waals surface area contributed by atoms with Crippen molar-refractivity contribution in [3.63, 3.8) is 0 Å². The van der Waals surface area contributed by atoms with E-state index in [4.69, 9.17) is 9.16 Å². The van der Waals surface area contributed by atoms with Crippen molar-refractivity contribution in [1.82, 2.24) is 0 Å². The smallest absolute Gasteiger partial charge is 0.192 e. The van der Waals surface area contributed by atoms with Crippen molar-refractivity contribution < 1.29 is 9.16 Å². The van der Waals surface area contributed by atoms with E-state index < -0.39 is 8.32 Å². The second-order valence-corrected chi connectivity index (χ2v) is 10.6. The van der Waals surface area contributed by atoms with E-state index >= 15 is 0 Å². The first kappa shape index (κ1) is 12.9. The van der Waals surface area contributed by atoms with Gasteiger partial charge in [0.05, 0.1) is 12.7 Å². The molecule has 1 aliphatic heterocycles. The highest BCUT2D eigenvalue weighted by atomic mass is 28.4. The molecule has 1 saturated heterocycles. The summed E-state index contributed by atoms with van der Waals surface area (Å²) in [6, 6.07) is 0. The molecule has 0 unspecified atom stereocenters. The van der Waals surface area contributed by atoms with Crippen LogP contribution in [0.3, 0.4) is 0 Å². The zero-order valence-corrected chi connectivity index (χ0v) is 11.7. The Morgan fingerprint density at radius 1 is 1.33 bits per heavy atom. The van der Waals surface area contributed by atoms with Crippen molar-refractivity contribution >= 4 is 8.32 Å². The van der Waals surface area contributed by atoms with Crippen LogP contribution < -0.4 is 0 Å². The van der Waals surface area contributed by atoms with Crippen LogP contribution in [-0.4, -0.2) is 27.1 Å². The van der Waals surface area contributed by atoms with E-state index in [-0.39, 0.29) is 5.04 Å². The van der Waals surface area contributed by atoms with Crippen LogP contribution in [0, 0.1) is 0 Å². The van der Waals surface area contributed by atoms with E-state index in [1.165, 1.54) is 0 Å². The SMILES string of the molecule is C=CC[C@H]1O[C@@H]1CO[Si](C)(C)C(C)(C)C. The number of epoxide rings is 1. The maximum absolute atomic E-state index is 6.07. The molecule has 1 rings (SSSR count). The minimum absolute atomic E-state index is 0.288. The summed E-state index contributed by atoms with van der Waals surface area (Å²) >= 11 is 0. The maximum Gasteiger partial charge on any atom is 0.192 e. The first-order valence-corrected chi connectivity index (χ1v) is 8.59. The molecule has 0 bridgehead atoms. The number of ether oxygens (including phenoxy) is 1. The zero-order valence-electron chi connectivity index (χ0n) is 10.7. The minimum atomic E-state index is -1.59. The molecular formula is C12H24O2Si. The first-order chi connectivity index (χ1) is 6.78. The van der Waals surface area contributed by atoms with Gasteiger partial charge in [-0.25, -0.2) is 0 Å². The Hall–Kier alpha value is -0.123. The van der Waals surface area contributed by atoms with Crippen molar-refractivity contribution in [1.29, 1.82) is 0 Å². The van der Waals surface area contributed by atoms with Crippen LogP contribution >= 0.6 is 0 Å². The number of hydrogen-bond donors (Lipinski definition) is 0. The predicted octanol–water partition coefficient (Wildman–Crippen LogP) is 3.35. The third-order valence-electron chi connectivity index (χ3n) is 3.50. The van der Waals surface area contributed by atoms with Crippen LogP contribution in [0.15, 0.2) is 12.7 Å². The molecule has 0 aliphatic carbocycles. The van der Waals surface area contributed by atoms with Crippen molar-refractivity contribution in [3.8, 4) is 0 Å². The molecule has 0 N–H and O–H groups in total. The number of rotatable bonds is 5. The fourth-order valence-corrected chi connectivity index (χ4v) is 2.22. The third-order valence-corrected chi connectivity index (χ3v) is 8.00. The lowest BCUT2D eigenvalue weighted by atomic mass is 10.2. The van der Waals surface area contributed by atoms with Crippen molar-refractivity contribution in [3.05, 3.63) is 12.7 Å². The average Bonchev–Trinajstić information content (AvgIpc) is 2.79. The van der Waals surface area contributed by atoms with Gasteiger partial charge in [-0.2, -0.15) is 0 Å². The molecule has 88 valence electrons. The van der Waals surface area contributed by atoms with Gasteiger partial charge in [0.1, 0.15) is 6.10 Å².